The van der Waals surface area contributed by atoms with Gasteiger partial charge >= 0.3 is 0 Å². The number of halogens is 1. The summed E-state index contributed by atoms with van der Waals surface area (Å²) in [6, 6.07) is 7.40. The highest BCUT2D eigenvalue weighted by atomic mass is 79.9. The zero-order chi connectivity index (χ0) is 13.1. The molecule has 0 amide bonds. The summed E-state index contributed by atoms with van der Waals surface area (Å²) in [5, 5.41) is 10.5. The van der Waals surface area contributed by atoms with Crippen molar-refractivity contribution in [3.63, 3.8) is 0 Å². The summed E-state index contributed by atoms with van der Waals surface area (Å²) in [7, 11) is 0. The van der Waals surface area contributed by atoms with Crippen LogP contribution >= 0.6 is 15.9 Å². The molecule has 0 aliphatic rings. The van der Waals surface area contributed by atoms with Crippen LogP contribution in [0.2, 0.25) is 0 Å². The predicted octanol–water partition coefficient (Wildman–Crippen LogP) is 3.25. The first kappa shape index (κ1) is 12.4. The molecule has 0 saturated carbocycles. The molecule has 0 atom stereocenters. The van der Waals surface area contributed by atoms with E-state index in [2.05, 4.69) is 25.9 Å². The second-order valence-corrected chi connectivity index (χ2v) is 4.24. The third-order valence-electron chi connectivity index (χ3n) is 2.05. The van der Waals surface area contributed by atoms with Crippen LogP contribution in [0.15, 0.2) is 34.9 Å². The lowest BCUT2D eigenvalue weighted by molar-refractivity contribution is -0.384. The molecule has 0 radical (unpaired) electrons. The molecule has 2 aromatic rings. The lowest BCUT2D eigenvalue weighted by atomic mass is 10.3. The molecule has 1 heterocycles. The summed E-state index contributed by atoms with van der Waals surface area (Å²) >= 11 is 3.24. The maximum atomic E-state index is 10.5. The molecule has 1 aromatic heterocycles. The number of hydrogen-bond donors (Lipinski definition) is 0. The number of non-ortho nitro benzene ring substituents is 1. The summed E-state index contributed by atoms with van der Waals surface area (Å²) in [4.78, 5) is 18.2. The molecular formula is C11H8BrN3O3. The maximum Gasteiger partial charge on any atom is 0.269 e. The van der Waals surface area contributed by atoms with Gasteiger partial charge in [-0.3, -0.25) is 10.1 Å². The van der Waals surface area contributed by atoms with Crippen molar-refractivity contribution in [2.24, 2.45) is 0 Å². The Labute approximate surface area is 111 Å². The molecule has 92 valence electrons. The molecule has 6 nitrogen and oxygen atoms in total. The first-order chi connectivity index (χ1) is 8.54. The fourth-order valence-corrected chi connectivity index (χ4v) is 1.77. The summed E-state index contributed by atoms with van der Waals surface area (Å²) in [6.45, 7) is 1.74. The number of hydrogen-bond acceptors (Lipinski definition) is 5. The van der Waals surface area contributed by atoms with E-state index in [0.29, 0.717) is 22.1 Å². The molecule has 18 heavy (non-hydrogen) atoms. The van der Waals surface area contributed by atoms with Crippen LogP contribution in [0.4, 0.5) is 5.69 Å². The van der Waals surface area contributed by atoms with Crippen LogP contribution in [0.5, 0.6) is 11.6 Å². The second kappa shape index (κ2) is 5.09. The van der Waals surface area contributed by atoms with E-state index in [9.17, 15) is 10.1 Å². The van der Waals surface area contributed by atoms with Crippen LogP contribution in [-0.2, 0) is 0 Å². The van der Waals surface area contributed by atoms with Crippen molar-refractivity contribution in [3.8, 4) is 11.6 Å². The minimum atomic E-state index is -0.463. The minimum Gasteiger partial charge on any atom is -0.439 e. The Balaban J connectivity index is 2.20. The van der Waals surface area contributed by atoms with Gasteiger partial charge in [0.1, 0.15) is 16.2 Å². The zero-order valence-electron chi connectivity index (χ0n) is 9.33. The standard InChI is InChI=1S/C11H8BrN3O3/c1-7-13-10(12)6-11(14-7)18-9-4-2-8(3-5-9)15(16)17/h2-6H,1H3. The van der Waals surface area contributed by atoms with Crippen molar-refractivity contribution < 1.29 is 9.66 Å². The van der Waals surface area contributed by atoms with E-state index in [1.165, 1.54) is 24.3 Å². The Kier molecular flexibility index (Phi) is 3.52. The number of nitrogens with zero attached hydrogens (tertiary/aromatic N) is 3. The zero-order valence-corrected chi connectivity index (χ0v) is 10.9. The van der Waals surface area contributed by atoms with Crippen molar-refractivity contribution >= 4 is 21.6 Å². The first-order valence-corrected chi connectivity index (χ1v) is 5.77. The van der Waals surface area contributed by atoms with E-state index < -0.39 is 4.92 Å². The molecule has 0 aliphatic heterocycles. The number of aryl methyl sites for hydroxylation is 1. The molecule has 0 spiro atoms. The van der Waals surface area contributed by atoms with Crippen molar-refractivity contribution in [1.29, 1.82) is 0 Å². The first-order valence-electron chi connectivity index (χ1n) is 4.98. The van der Waals surface area contributed by atoms with Crippen molar-refractivity contribution in [2.45, 2.75) is 6.92 Å². The summed E-state index contributed by atoms with van der Waals surface area (Å²) in [6.07, 6.45) is 0. The molecule has 1 aromatic carbocycles. The quantitative estimate of drug-likeness (QED) is 0.494. The third-order valence-corrected chi connectivity index (χ3v) is 2.46. The van der Waals surface area contributed by atoms with E-state index in [0.717, 1.165) is 0 Å². The third kappa shape index (κ3) is 3.01. The summed E-state index contributed by atoms with van der Waals surface area (Å²) < 4.78 is 6.09. The number of benzene rings is 1. The molecular weight excluding hydrogens is 302 g/mol. The largest absolute Gasteiger partial charge is 0.439 e. The average molecular weight is 310 g/mol. The van der Waals surface area contributed by atoms with Gasteiger partial charge in [0, 0.05) is 18.2 Å². The van der Waals surface area contributed by atoms with Crippen molar-refractivity contribution in [1.82, 2.24) is 9.97 Å². The lowest BCUT2D eigenvalue weighted by Crippen LogP contribution is -1.93. The normalized spacial score (nSPS) is 10.1. The van der Waals surface area contributed by atoms with Gasteiger partial charge in [0.05, 0.1) is 4.92 Å². The Bertz CT molecular complexity index is 566. The molecule has 0 saturated heterocycles. The lowest BCUT2D eigenvalue weighted by Gasteiger charge is -2.05. The minimum absolute atomic E-state index is 0.0161. The van der Waals surface area contributed by atoms with Gasteiger partial charge in [-0.05, 0) is 35.0 Å². The second-order valence-electron chi connectivity index (χ2n) is 3.43. The molecule has 0 bridgehead atoms. The molecule has 7 heteroatoms. The monoisotopic (exact) mass is 309 g/mol. The van der Waals surface area contributed by atoms with Crippen molar-refractivity contribution in [2.75, 3.05) is 0 Å². The van der Waals surface area contributed by atoms with E-state index in [1.807, 2.05) is 0 Å². The topological polar surface area (TPSA) is 78.2 Å². The summed E-state index contributed by atoms with van der Waals surface area (Å²) in [5.41, 5.74) is 0.0161. The van der Waals surface area contributed by atoms with Gasteiger partial charge in [0.15, 0.2) is 0 Å². The van der Waals surface area contributed by atoms with Gasteiger partial charge in [-0.1, -0.05) is 0 Å². The van der Waals surface area contributed by atoms with Crippen LogP contribution in [0, 0.1) is 17.0 Å². The van der Waals surface area contributed by atoms with Gasteiger partial charge in [0.2, 0.25) is 5.88 Å². The number of nitro groups is 1. The van der Waals surface area contributed by atoms with Crippen LogP contribution in [0.1, 0.15) is 5.82 Å². The van der Waals surface area contributed by atoms with Gasteiger partial charge in [-0.25, -0.2) is 4.98 Å². The molecule has 2 rings (SSSR count). The van der Waals surface area contributed by atoms with Crippen molar-refractivity contribution in [3.05, 3.63) is 50.9 Å². The van der Waals surface area contributed by atoms with Crippen LogP contribution in [0.25, 0.3) is 0 Å². The van der Waals surface area contributed by atoms with E-state index in [-0.39, 0.29) is 5.69 Å². The molecule has 0 unspecified atom stereocenters. The highest BCUT2D eigenvalue weighted by Gasteiger charge is 2.06. The predicted molar refractivity (Wildman–Crippen MR) is 67.6 cm³/mol. The Morgan fingerprint density at radius 2 is 1.94 bits per heavy atom. The average Bonchev–Trinajstić information content (AvgIpc) is 2.28. The molecule has 0 aliphatic carbocycles. The number of aromatic nitrogens is 2. The highest BCUT2D eigenvalue weighted by molar-refractivity contribution is 9.10. The fraction of sp³-hybridized carbons (Fsp3) is 0.0909. The highest BCUT2D eigenvalue weighted by Crippen LogP contribution is 2.23. The van der Waals surface area contributed by atoms with Crippen LogP contribution < -0.4 is 4.74 Å². The Morgan fingerprint density at radius 3 is 2.50 bits per heavy atom. The number of rotatable bonds is 3. The van der Waals surface area contributed by atoms with Crippen LogP contribution in [-0.4, -0.2) is 14.9 Å². The van der Waals surface area contributed by atoms with E-state index in [1.54, 1.807) is 13.0 Å². The van der Waals surface area contributed by atoms with Gasteiger partial charge < -0.3 is 4.74 Å². The Morgan fingerprint density at radius 1 is 1.28 bits per heavy atom. The molecule has 0 N–H and O–H groups in total. The SMILES string of the molecule is Cc1nc(Br)cc(Oc2ccc([N+](=O)[O-])cc2)n1. The number of ether oxygens (including phenoxy) is 1. The molecule has 0 fully saturated rings. The number of nitro benzene ring substituents is 1. The smallest absolute Gasteiger partial charge is 0.269 e. The maximum absolute atomic E-state index is 10.5. The van der Waals surface area contributed by atoms with Gasteiger partial charge in [0.25, 0.3) is 5.69 Å². The van der Waals surface area contributed by atoms with E-state index in [4.69, 9.17) is 4.74 Å². The van der Waals surface area contributed by atoms with Crippen LogP contribution in [0.3, 0.4) is 0 Å². The Hall–Kier alpha value is -2.02. The van der Waals surface area contributed by atoms with Gasteiger partial charge in [-0.2, -0.15) is 4.98 Å². The van der Waals surface area contributed by atoms with Gasteiger partial charge in [-0.15, -0.1) is 0 Å². The van der Waals surface area contributed by atoms with E-state index >= 15 is 0 Å². The summed E-state index contributed by atoms with van der Waals surface area (Å²) in [5.74, 6) is 1.43. The fourth-order valence-electron chi connectivity index (χ4n) is 1.31.